The first-order valence-electron chi connectivity index (χ1n) is 11.9. The van der Waals surface area contributed by atoms with Crippen LogP contribution in [0.4, 0.5) is 87.8 Å². The highest BCUT2D eigenvalue weighted by Gasteiger charge is 2.98. The monoisotopic (exact) mass is 719 g/mol. The summed E-state index contributed by atoms with van der Waals surface area (Å²) in [7, 11) is 0. The van der Waals surface area contributed by atoms with Crippen LogP contribution in [0.3, 0.4) is 0 Å². The van der Waals surface area contributed by atoms with Gasteiger partial charge in [-0.2, -0.15) is 87.8 Å². The lowest BCUT2D eigenvalue weighted by molar-refractivity contribution is -0.464. The minimum atomic E-state index is -9.15. The standard InChI is InChI=1S/C21H22ClF20NO/c1-3-5-7-9-43(10-8-6-4-2)11(44)12(23,24)13(25,26)14(27,28)15(29,30)16(31,32)17(33,34)18(35,36)19(37,38)20(39,40)21(22,41)42/h3-10H2,1-2H3. The van der Waals surface area contributed by atoms with E-state index in [9.17, 15) is 92.6 Å². The van der Waals surface area contributed by atoms with Gasteiger partial charge in [0.2, 0.25) is 0 Å². The highest BCUT2D eigenvalue weighted by Crippen LogP contribution is 2.66. The fourth-order valence-corrected chi connectivity index (χ4v) is 3.43. The second kappa shape index (κ2) is 12.9. The molecule has 0 radical (unpaired) electrons. The van der Waals surface area contributed by atoms with Gasteiger partial charge in [0.15, 0.2) is 0 Å². The van der Waals surface area contributed by atoms with Gasteiger partial charge in [-0.25, -0.2) is 0 Å². The smallest absolute Gasteiger partial charge is 0.337 e. The average Bonchev–Trinajstić information content (AvgIpc) is 2.85. The zero-order valence-corrected chi connectivity index (χ0v) is 22.7. The minimum Gasteiger partial charge on any atom is -0.337 e. The van der Waals surface area contributed by atoms with E-state index in [-0.39, 0.29) is 43.4 Å². The Morgan fingerprint density at radius 3 is 0.955 bits per heavy atom. The lowest BCUT2D eigenvalue weighted by atomic mass is 9.86. The molecule has 2 nitrogen and oxygen atoms in total. The third-order valence-electron chi connectivity index (χ3n) is 6.13. The molecule has 0 saturated carbocycles. The molecule has 0 unspecified atom stereocenters. The normalized spacial score (nSPS) is 15.5. The maximum absolute atomic E-state index is 14.4. The molecule has 0 bridgehead atoms. The quantitative estimate of drug-likeness (QED) is 0.0785. The molecule has 44 heavy (non-hydrogen) atoms. The Balaban J connectivity index is 7.02. The van der Waals surface area contributed by atoms with Crippen LogP contribution in [-0.2, 0) is 4.79 Å². The van der Waals surface area contributed by atoms with Crippen LogP contribution in [0.2, 0.25) is 0 Å². The summed E-state index contributed by atoms with van der Waals surface area (Å²) in [5, 5.41) is -7.06. The van der Waals surface area contributed by atoms with E-state index < -0.39 is 77.7 Å². The Kier molecular flexibility index (Phi) is 12.4. The van der Waals surface area contributed by atoms with Gasteiger partial charge in [-0.05, 0) is 24.4 Å². The van der Waals surface area contributed by atoms with Crippen molar-refractivity contribution in [3.63, 3.8) is 0 Å². The fourth-order valence-electron chi connectivity index (χ4n) is 3.31. The summed E-state index contributed by atoms with van der Waals surface area (Å²) in [5.74, 6) is -80.7. The van der Waals surface area contributed by atoms with Gasteiger partial charge in [0.05, 0.1) is 0 Å². The molecular formula is C21H22ClF20NO. The first kappa shape index (κ1) is 42.4. The van der Waals surface area contributed by atoms with E-state index in [0.29, 0.717) is 0 Å². The van der Waals surface area contributed by atoms with Gasteiger partial charge in [0, 0.05) is 13.1 Å². The van der Waals surface area contributed by atoms with Crippen LogP contribution in [-0.4, -0.2) is 82.6 Å². The van der Waals surface area contributed by atoms with Crippen molar-refractivity contribution in [2.75, 3.05) is 13.1 Å². The second-order valence-corrected chi connectivity index (χ2v) is 9.85. The van der Waals surface area contributed by atoms with Crippen LogP contribution in [0.15, 0.2) is 0 Å². The van der Waals surface area contributed by atoms with Gasteiger partial charge in [0.25, 0.3) is 5.91 Å². The number of nitrogens with zero attached hydrogens (tertiary/aromatic N) is 1. The van der Waals surface area contributed by atoms with Gasteiger partial charge in [-0.3, -0.25) is 4.79 Å². The van der Waals surface area contributed by atoms with Crippen LogP contribution < -0.4 is 0 Å². The van der Waals surface area contributed by atoms with Crippen molar-refractivity contribution in [1.29, 1.82) is 0 Å². The molecule has 0 aromatic heterocycles. The molecule has 0 aromatic carbocycles. The first-order chi connectivity index (χ1) is 19.2. The molecule has 0 aliphatic rings. The van der Waals surface area contributed by atoms with Crippen molar-refractivity contribution >= 4 is 17.5 Å². The molecule has 0 aromatic rings. The Morgan fingerprint density at radius 2 is 0.705 bits per heavy atom. The van der Waals surface area contributed by atoms with Crippen LogP contribution in [0.1, 0.15) is 52.4 Å². The topological polar surface area (TPSA) is 20.3 Å². The number of rotatable bonds is 18. The van der Waals surface area contributed by atoms with Crippen molar-refractivity contribution in [3.05, 3.63) is 0 Å². The Hall–Kier alpha value is -1.64. The molecule has 0 fully saturated rings. The molecule has 264 valence electrons. The first-order valence-corrected chi connectivity index (χ1v) is 12.3. The number of hydrogen-bond acceptors (Lipinski definition) is 1. The molecule has 0 saturated heterocycles. The lowest BCUT2D eigenvalue weighted by Crippen LogP contribution is -2.77. The highest BCUT2D eigenvalue weighted by atomic mass is 35.5. The second-order valence-electron chi connectivity index (χ2n) is 9.37. The molecule has 23 heteroatoms. The van der Waals surface area contributed by atoms with Crippen molar-refractivity contribution in [3.8, 4) is 0 Å². The summed E-state index contributed by atoms with van der Waals surface area (Å²) in [4.78, 5) is 11.8. The van der Waals surface area contributed by atoms with E-state index in [1.54, 1.807) is 0 Å². The number of carbonyl (C=O) groups excluding carboxylic acids is 1. The predicted molar refractivity (Wildman–Crippen MR) is 111 cm³/mol. The average molecular weight is 720 g/mol. The zero-order valence-electron chi connectivity index (χ0n) is 21.9. The molecule has 1 amide bonds. The number of carbonyl (C=O) groups is 1. The molecule has 0 spiro atoms. The molecule has 0 heterocycles. The number of hydrogen-bond donors (Lipinski definition) is 0. The molecule has 0 aliphatic carbocycles. The number of halogens is 21. The van der Waals surface area contributed by atoms with Crippen LogP contribution in [0, 0.1) is 0 Å². The SMILES string of the molecule is CCCCCN(CCCCC)C(=O)C(F)(F)C(F)(F)C(F)(F)C(F)(F)C(F)(F)C(F)(F)C(F)(F)C(F)(F)C(F)(F)C(F)(F)Cl. The Bertz CT molecular complexity index is 967. The third kappa shape index (κ3) is 6.33. The summed E-state index contributed by atoms with van der Waals surface area (Å²) in [6, 6.07) is 0. The maximum atomic E-state index is 14.4. The maximum Gasteiger partial charge on any atom is 0.393 e. The number of alkyl halides is 21. The van der Waals surface area contributed by atoms with E-state index >= 15 is 0 Å². The van der Waals surface area contributed by atoms with Gasteiger partial charge in [-0.15, -0.1) is 0 Å². The fraction of sp³-hybridized carbons (Fsp3) is 0.952. The van der Waals surface area contributed by atoms with E-state index in [2.05, 4.69) is 11.6 Å². The van der Waals surface area contributed by atoms with E-state index in [1.165, 1.54) is 13.8 Å². The number of unbranched alkanes of at least 4 members (excludes halogenated alkanes) is 4. The van der Waals surface area contributed by atoms with E-state index in [1.807, 2.05) is 0 Å². The summed E-state index contributed by atoms with van der Waals surface area (Å²) in [6.07, 6.45) is 0.0000333. The summed E-state index contributed by atoms with van der Waals surface area (Å²) >= 11 is 3.37. The van der Waals surface area contributed by atoms with Gasteiger partial charge < -0.3 is 4.90 Å². The van der Waals surface area contributed by atoms with Crippen molar-refractivity contribution in [2.24, 2.45) is 0 Å². The zero-order chi connectivity index (χ0) is 35.8. The number of amides is 1. The van der Waals surface area contributed by atoms with Crippen molar-refractivity contribution in [1.82, 2.24) is 4.90 Å². The van der Waals surface area contributed by atoms with Crippen LogP contribution >= 0.6 is 11.6 Å². The van der Waals surface area contributed by atoms with E-state index in [0.717, 1.165) is 0 Å². The summed E-state index contributed by atoms with van der Waals surface area (Å²) in [6.45, 7) is 1.04. The Labute approximate surface area is 240 Å². The molecule has 0 N–H and O–H groups in total. The van der Waals surface area contributed by atoms with Gasteiger partial charge in [-0.1, -0.05) is 39.5 Å². The van der Waals surface area contributed by atoms with E-state index in [4.69, 9.17) is 0 Å². The van der Waals surface area contributed by atoms with Gasteiger partial charge in [0.1, 0.15) is 0 Å². The third-order valence-corrected chi connectivity index (χ3v) is 6.37. The Morgan fingerprint density at radius 1 is 0.455 bits per heavy atom. The molecular weight excluding hydrogens is 698 g/mol. The molecule has 0 aliphatic heterocycles. The van der Waals surface area contributed by atoms with Crippen molar-refractivity contribution in [2.45, 2.75) is 111 Å². The predicted octanol–water partition coefficient (Wildman–Crippen LogP) is 9.74. The summed E-state index contributed by atoms with van der Waals surface area (Å²) < 4.78 is 275. The highest BCUT2D eigenvalue weighted by molar-refractivity contribution is 6.22. The van der Waals surface area contributed by atoms with Gasteiger partial charge >= 0.3 is 58.7 Å². The van der Waals surface area contributed by atoms with Crippen LogP contribution in [0.25, 0.3) is 0 Å². The van der Waals surface area contributed by atoms with Crippen LogP contribution in [0.5, 0.6) is 0 Å². The lowest BCUT2D eigenvalue weighted by Gasteiger charge is -2.44. The molecule has 0 rings (SSSR count). The summed E-state index contributed by atoms with van der Waals surface area (Å²) in [5.41, 5.74) is 0. The minimum absolute atomic E-state index is 0.0581. The molecule has 0 atom stereocenters. The van der Waals surface area contributed by atoms with Crippen molar-refractivity contribution < 1.29 is 92.6 Å². The largest absolute Gasteiger partial charge is 0.393 e.